The summed E-state index contributed by atoms with van der Waals surface area (Å²) in [4.78, 5) is 21.6. The number of piperazine rings is 1. The van der Waals surface area contributed by atoms with Crippen LogP contribution in [0.1, 0.15) is 12.5 Å². The Hall–Kier alpha value is -2.73. The van der Waals surface area contributed by atoms with Gasteiger partial charge in [0, 0.05) is 43.4 Å². The first-order chi connectivity index (χ1) is 13.6. The lowest BCUT2D eigenvalue weighted by molar-refractivity contribution is 0.208. The van der Waals surface area contributed by atoms with Gasteiger partial charge >= 0.3 is 6.03 Å². The minimum Gasteiger partial charge on any atom is -0.339 e. The molecule has 1 aromatic heterocycles. The number of hydrogen-bond donors (Lipinski definition) is 1. The number of amides is 2. The number of anilines is 2. The van der Waals surface area contributed by atoms with Crippen molar-refractivity contribution in [3.8, 4) is 0 Å². The van der Waals surface area contributed by atoms with E-state index in [1.807, 2.05) is 42.2 Å². The van der Waals surface area contributed by atoms with Crippen LogP contribution in [0.15, 0.2) is 42.5 Å². The number of aryl methyl sites for hydroxylation is 2. The summed E-state index contributed by atoms with van der Waals surface area (Å²) in [6.45, 7) is 7.77. The van der Waals surface area contributed by atoms with Crippen LogP contribution in [0.2, 0.25) is 5.02 Å². The van der Waals surface area contributed by atoms with Crippen LogP contribution < -0.4 is 10.2 Å². The molecule has 1 N–H and O–H groups in total. The zero-order valence-corrected chi connectivity index (χ0v) is 16.9. The summed E-state index contributed by atoms with van der Waals surface area (Å²) in [7, 11) is 0. The van der Waals surface area contributed by atoms with Crippen molar-refractivity contribution in [3.63, 3.8) is 0 Å². The van der Waals surface area contributed by atoms with Crippen LogP contribution in [0.5, 0.6) is 0 Å². The number of aromatic nitrogens is 2. The molecular weight excluding hydrogens is 374 g/mol. The summed E-state index contributed by atoms with van der Waals surface area (Å²) in [6, 6.07) is 13.6. The van der Waals surface area contributed by atoms with Crippen molar-refractivity contribution in [2.24, 2.45) is 0 Å². The van der Waals surface area contributed by atoms with Crippen LogP contribution in [0.3, 0.4) is 0 Å². The predicted molar refractivity (Wildman–Crippen MR) is 114 cm³/mol. The van der Waals surface area contributed by atoms with Gasteiger partial charge in [0.15, 0.2) is 0 Å². The SMILES string of the molecule is CCn1c(N2CCN(C(=O)Nc3cc(Cl)ccc3C)CC2)nc2ccccc21. The fraction of sp³-hybridized carbons (Fsp3) is 0.333. The lowest BCUT2D eigenvalue weighted by Crippen LogP contribution is -2.50. The van der Waals surface area contributed by atoms with Crippen molar-refractivity contribution in [3.05, 3.63) is 53.1 Å². The van der Waals surface area contributed by atoms with E-state index in [9.17, 15) is 4.79 Å². The second kappa shape index (κ2) is 7.72. The number of nitrogens with zero attached hydrogens (tertiary/aromatic N) is 4. The van der Waals surface area contributed by atoms with Crippen molar-refractivity contribution >= 4 is 40.3 Å². The molecule has 0 aliphatic carbocycles. The maximum absolute atomic E-state index is 12.7. The summed E-state index contributed by atoms with van der Waals surface area (Å²) in [6.07, 6.45) is 0. The number of nitrogens with one attached hydrogen (secondary N) is 1. The van der Waals surface area contributed by atoms with Gasteiger partial charge in [-0.15, -0.1) is 0 Å². The molecule has 2 amide bonds. The molecule has 4 rings (SSSR count). The summed E-state index contributed by atoms with van der Waals surface area (Å²) >= 11 is 6.05. The normalized spacial score (nSPS) is 14.5. The monoisotopic (exact) mass is 397 g/mol. The largest absolute Gasteiger partial charge is 0.339 e. The highest BCUT2D eigenvalue weighted by molar-refractivity contribution is 6.31. The minimum atomic E-state index is -0.0889. The molecule has 28 heavy (non-hydrogen) atoms. The van der Waals surface area contributed by atoms with E-state index in [2.05, 4.69) is 27.8 Å². The van der Waals surface area contributed by atoms with Gasteiger partial charge < -0.3 is 19.7 Å². The topological polar surface area (TPSA) is 53.4 Å². The van der Waals surface area contributed by atoms with Crippen LogP contribution in [-0.2, 0) is 6.54 Å². The number of carbonyl (C=O) groups is 1. The van der Waals surface area contributed by atoms with Crippen LogP contribution in [0, 0.1) is 6.92 Å². The van der Waals surface area contributed by atoms with Gasteiger partial charge in [0.1, 0.15) is 0 Å². The number of imidazole rings is 1. The van der Waals surface area contributed by atoms with E-state index in [-0.39, 0.29) is 6.03 Å². The second-order valence-electron chi connectivity index (χ2n) is 7.01. The third-order valence-electron chi connectivity index (χ3n) is 5.24. The highest BCUT2D eigenvalue weighted by Gasteiger charge is 2.24. The molecule has 0 spiro atoms. The zero-order chi connectivity index (χ0) is 19.7. The van der Waals surface area contributed by atoms with Crippen molar-refractivity contribution in [1.82, 2.24) is 14.5 Å². The molecule has 0 radical (unpaired) electrons. The highest BCUT2D eigenvalue weighted by atomic mass is 35.5. The number of halogens is 1. The first-order valence-corrected chi connectivity index (χ1v) is 9.97. The molecular formula is C21H24ClN5O. The Morgan fingerprint density at radius 3 is 2.64 bits per heavy atom. The van der Waals surface area contributed by atoms with Gasteiger partial charge in [-0.3, -0.25) is 0 Å². The fourth-order valence-corrected chi connectivity index (χ4v) is 3.82. The second-order valence-corrected chi connectivity index (χ2v) is 7.44. The van der Waals surface area contributed by atoms with Crippen molar-refractivity contribution in [2.45, 2.75) is 20.4 Å². The Balaban J connectivity index is 1.45. The lowest BCUT2D eigenvalue weighted by atomic mass is 10.2. The lowest BCUT2D eigenvalue weighted by Gasteiger charge is -2.35. The number of para-hydroxylation sites is 2. The Labute approximate surface area is 169 Å². The number of carbonyl (C=O) groups excluding carboxylic acids is 1. The molecule has 2 heterocycles. The van der Waals surface area contributed by atoms with E-state index in [0.717, 1.165) is 47.9 Å². The summed E-state index contributed by atoms with van der Waals surface area (Å²) < 4.78 is 2.24. The van der Waals surface area contributed by atoms with Crippen LogP contribution >= 0.6 is 11.6 Å². The number of rotatable bonds is 3. The predicted octanol–water partition coefficient (Wildman–Crippen LogP) is 4.37. The molecule has 6 nitrogen and oxygen atoms in total. The molecule has 1 aliphatic heterocycles. The van der Waals surface area contributed by atoms with Gasteiger partial charge in [0.2, 0.25) is 5.95 Å². The van der Waals surface area contributed by atoms with Gasteiger partial charge in [-0.2, -0.15) is 0 Å². The van der Waals surface area contributed by atoms with E-state index < -0.39 is 0 Å². The van der Waals surface area contributed by atoms with Crippen LogP contribution in [0.4, 0.5) is 16.4 Å². The Morgan fingerprint density at radius 1 is 1.14 bits per heavy atom. The smallest absolute Gasteiger partial charge is 0.321 e. The van der Waals surface area contributed by atoms with Crippen LogP contribution in [-0.4, -0.2) is 46.7 Å². The van der Waals surface area contributed by atoms with E-state index in [1.165, 1.54) is 0 Å². The number of urea groups is 1. The average molecular weight is 398 g/mol. The van der Waals surface area contributed by atoms with Gasteiger partial charge in [-0.25, -0.2) is 9.78 Å². The summed E-state index contributed by atoms with van der Waals surface area (Å²) in [5, 5.41) is 3.60. The summed E-state index contributed by atoms with van der Waals surface area (Å²) in [5.74, 6) is 0.981. The Morgan fingerprint density at radius 2 is 1.89 bits per heavy atom. The molecule has 7 heteroatoms. The minimum absolute atomic E-state index is 0.0889. The third-order valence-corrected chi connectivity index (χ3v) is 5.48. The number of fused-ring (bicyclic) bond motifs is 1. The molecule has 0 bridgehead atoms. The van der Waals surface area contributed by atoms with Gasteiger partial charge in [-0.1, -0.05) is 29.8 Å². The molecule has 1 fully saturated rings. The van der Waals surface area contributed by atoms with Gasteiger partial charge in [0.05, 0.1) is 11.0 Å². The highest BCUT2D eigenvalue weighted by Crippen LogP contribution is 2.24. The molecule has 0 unspecified atom stereocenters. The Kier molecular flexibility index (Phi) is 5.13. The molecule has 1 aliphatic rings. The van der Waals surface area contributed by atoms with Gasteiger partial charge in [-0.05, 0) is 43.7 Å². The van der Waals surface area contributed by atoms with E-state index in [4.69, 9.17) is 16.6 Å². The van der Waals surface area contributed by atoms with Gasteiger partial charge in [0.25, 0.3) is 0 Å². The maximum atomic E-state index is 12.7. The first kappa shape index (κ1) is 18.6. The number of hydrogen-bond acceptors (Lipinski definition) is 3. The molecule has 3 aromatic rings. The maximum Gasteiger partial charge on any atom is 0.321 e. The van der Waals surface area contributed by atoms with E-state index >= 15 is 0 Å². The quantitative estimate of drug-likeness (QED) is 0.713. The fourth-order valence-electron chi connectivity index (χ4n) is 3.65. The molecule has 0 atom stereocenters. The van der Waals surface area contributed by atoms with E-state index in [1.54, 1.807) is 6.07 Å². The third kappa shape index (κ3) is 3.52. The van der Waals surface area contributed by atoms with Crippen LogP contribution in [0.25, 0.3) is 11.0 Å². The molecule has 1 saturated heterocycles. The Bertz CT molecular complexity index is 1010. The molecule has 146 valence electrons. The standard InChI is InChI=1S/C21H24ClN5O/c1-3-27-19-7-5-4-6-17(19)23-20(27)25-10-12-26(13-11-25)21(28)24-18-14-16(22)9-8-15(18)2/h4-9,14H,3,10-13H2,1-2H3,(H,24,28). The summed E-state index contributed by atoms with van der Waals surface area (Å²) in [5.41, 5.74) is 3.91. The van der Waals surface area contributed by atoms with E-state index in [0.29, 0.717) is 18.1 Å². The molecule has 0 saturated carbocycles. The molecule has 2 aromatic carbocycles. The zero-order valence-electron chi connectivity index (χ0n) is 16.2. The van der Waals surface area contributed by atoms with Crippen molar-refractivity contribution in [2.75, 3.05) is 36.4 Å². The van der Waals surface area contributed by atoms with Crippen molar-refractivity contribution < 1.29 is 4.79 Å². The average Bonchev–Trinajstić information content (AvgIpc) is 3.09. The van der Waals surface area contributed by atoms with Crippen molar-refractivity contribution in [1.29, 1.82) is 0 Å². The number of benzene rings is 2. The first-order valence-electron chi connectivity index (χ1n) is 9.59.